The van der Waals surface area contributed by atoms with Crippen LogP contribution in [0.1, 0.15) is 10.5 Å². The van der Waals surface area contributed by atoms with Gasteiger partial charge in [0.2, 0.25) is 5.43 Å². The lowest BCUT2D eigenvalue weighted by molar-refractivity contribution is 0.101. The molecule has 0 bridgehead atoms. The molecule has 1 N–H and O–H groups in total. The van der Waals surface area contributed by atoms with Crippen molar-refractivity contribution in [1.29, 1.82) is 0 Å². The lowest BCUT2D eigenvalue weighted by atomic mass is 10.2. The van der Waals surface area contributed by atoms with E-state index in [-0.39, 0.29) is 5.69 Å². The molecule has 132 valence electrons. The molecule has 0 aliphatic heterocycles. The van der Waals surface area contributed by atoms with E-state index >= 15 is 0 Å². The molecule has 0 aliphatic rings. The number of para-hydroxylation sites is 2. The Morgan fingerprint density at radius 1 is 1.04 bits per heavy atom. The van der Waals surface area contributed by atoms with Gasteiger partial charge >= 0.3 is 0 Å². The molecule has 0 unspecified atom stereocenters. The van der Waals surface area contributed by atoms with Gasteiger partial charge in [-0.25, -0.2) is 4.68 Å². The number of ether oxygens (including phenoxy) is 2. The predicted molar refractivity (Wildman–Crippen MR) is 97.3 cm³/mol. The van der Waals surface area contributed by atoms with Crippen LogP contribution in [0.2, 0.25) is 0 Å². The van der Waals surface area contributed by atoms with Crippen LogP contribution in [-0.4, -0.2) is 29.9 Å². The number of amides is 1. The second-order valence-electron chi connectivity index (χ2n) is 5.33. The van der Waals surface area contributed by atoms with Crippen molar-refractivity contribution < 1.29 is 14.3 Å². The second-order valence-corrected chi connectivity index (χ2v) is 5.33. The fourth-order valence-corrected chi connectivity index (χ4v) is 2.41. The van der Waals surface area contributed by atoms with Crippen LogP contribution >= 0.6 is 0 Å². The van der Waals surface area contributed by atoms with E-state index in [0.717, 1.165) is 0 Å². The molecule has 3 aromatic rings. The Labute approximate surface area is 149 Å². The molecule has 0 fully saturated rings. The zero-order valence-electron chi connectivity index (χ0n) is 14.3. The SMILES string of the molecule is COc1cccc(NC(=O)c2nn(-c3ccccc3OC)ccc2=O)c1. The Kier molecular flexibility index (Phi) is 4.98. The number of methoxy groups -OCH3 is 2. The lowest BCUT2D eigenvalue weighted by Gasteiger charge is -2.11. The first-order valence-electron chi connectivity index (χ1n) is 7.81. The highest BCUT2D eigenvalue weighted by atomic mass is 16.5. The number of anilines is 1. The number of carbonyl (C=O) groups is 1. The monoisotopic (exact) mass is 351 g/mol. The van der Waals surface area contributed by atoms with E-state index in [1.54, 1.807) is 36.4 Å². The third kappa shape index (κ3) is 3.56. The topological polar surface area (TPSA) is 82.4 Å². The highest BCUT2D eigenvalue weighted by molar-refractivity contribution is 6.02. The van der Waals surface area contributed by atoms with E-state index in [1.165, 1.54) is 31.2 Å². The van der Waals surface area contributed by atoms with E-state index in [4.69, 9.17) is 9.47 Å². The Bertz CT molecular complexity index is 998. The molecule has 1 aromatic heterocycles. The van der Waals surface area contributed by atoms with Gasteiger partial charge in [0.1, 0.15) is 17.2 Å². The molecule has 0 saturated carbocycles. The zero-order valence-corrected chi connectivity index (χ0v) is 14.3. The summed E-state index contributed by atoms with van der Waals surface area (Å²) in [6, 6.07) is 15.3. The Morgan fingerprint density at radius 2 is 1.85 bits per heavy atom. The van der Waals surface area contributed by atoms with Gasteiger partial charge in [-0.2, -0.15) is 5.10 Å². The van der Waals surface area contributed by atoms with Crippen molar-refractivity contribution in [3.05, 3.63) is 76.7 Å². The van der Waals surface area contributed by atoms with Gasteiger partial charge in [-0.15, -0.1) is 0 Å². The van der Waals surface area contributed by atoms with Crippen molar-refractivity contribution in [2.75, 3.05) is 19.5 Å². The first-order valence-corrected chi connectivity index (χ1v) is 7.81. The third-order valence-electron chi connectivity index (χ3n) is 3.68. The predicted octanol–water partition coefficient (Wildman–Crippen LogP) is 2.50. The van der Waals surface area contributed by atoms with Crippen molar-refractivity contribution in [3.8, 4) is 17.2 Å². The molecular weight excluding hydrogens is 334 g/mol. The number of benzene rings is 2. The van der Waals surface area contributed by atoms with Gasteiger partial charge in [0.25, 0.3) is 5.91 Å². The molecule has 0 aliphatic carbocycles. The number of nitrogens with one attached hydrogen (secondary N) is 1. The van der Waals surface area contributed by atoms with Crippen LogP contribution in [0.4, 0.5) is 5.69 Å². The summed E-state index contributed by atoms with van der Waals surface area (Å²) in [4.78, 5) is 24.6. The summed E-state index contributed by atoms with van der Waals surface area (Å²) in [5.41, 5.74) is 0.423. The minimum absolute atomic E-state index is 0.221. The van der Waals surface area contributed by atoms with E-state index < -0.39 is 11.3 Å². The smallest absolute Gasteiger partial charge is 0.280 e. The highest BCUT2D eigenvalue weighted by Gasteiger charge is 2.15. The first kappa shape index (κ1) is 17.2. The minimum atomic E-state index is -0.604. The van der Waals surface area contributed by atoms with Crippen LogP contribution in [-0.2, 0) is 0 Å². The van der Waals surface area contributed by atoms with Crippen molar-refractivity contribution >= 4 is 11.6 Å². The van der Waals surface area contributed by atoms with Crippen LogP contribution < -0.4 is 20.2 Å². The van der Waals surface area contributed by atoms with Crippen molar-refractivity contribution in [3.63, 3.8) is 0 Å². The van der Waals surface area contributed by atoms with E-state index in [0.29, 0.717) is 22.9 Å². The molecule has 7 nitrogen and oxygen atoms in total. The molecule has 0 spiro atoms. The Morgan fingerprint density at radius 3 is 2.62 bits per heavy atom. The Hall–Kier alpha value is -3.61. The van der Waals surface area contributed by atoms with Crippen LogP contribution in [0.15, 0.2) is 65.6 Å². The largest absolute Gasteiger partial charge is 0.497 e. The molecule has 0 atom stereocenters. The third-order valence-corrected chi connectivity index (χ3v) is 3.68. The van der Waals surface area contributed by atoms with Gasteiger partial charge in [-0.1, -0.05) is 18.2 Å². The summed E-state index contributed by atoms with van der Waals surface area (Å²) in [7, 11) is 3.07. The standard InChI is InChI=1S/C19H17N3O4/c1-25-14-7-5-6-13(12-14)20-19(24)18-16(23)10-11-22(21-18)15-8-3-4-9-17(15)26-2/h3-12H,1-2H3,(H,20,24). The van der Waals surface area contributed by atoms with E-state index in [9.17, 15) is 9.59 Å². The van der Waals surface area contributed by atoms with Crippen molar-refractivity contribution in [1.82, 2.24) is 9.78 Å². The van der Waals surface area contributed by atoms with E-state index in [2.05, 4.69) is 10.4 Å². The summed E-state index contributed by atoms with van der Waals surface area (Å²) in [6.45, 7) is 0. The molecular formula is C19H17N3O4. The molecule has 3 rings (SSSR count). The van der Waals surface area contributed by atoms with Crippen LogP contribution in [0, 0.1) is 0 Å². The van der Waals surface area contributed by atoms with Crippen LogP contribution in [0.3, 0.4) is 0 Å². The maximum atomic E-state index is 12.5. The summed E-state index contributed by atoms with van der Waals surface area (Å²) in [6.07, 6.45) is 1.49. The van der Waals surface area contributed by atoms with Crippen LogP contribution in [0.25, 0.3) is 5.69 Å². The maximum Gasteiger partial charge on any atom is 0.280 e. The summed E-state index contributed by atoms with van der Waals surface area (Å²) in [5.74, 6) is 0.561. The summed E-state index contributed by atoms with van der Waals surface area (Å²) >= 11 is 0. The van der Waals surface area contributed by atoms with Crippen molar-refractivity contribution in [2.24, 2.45) is 0 Å². The normalized spacial score (nSPS) is 10.2. The van der Waals surface area contributed by atoms with Gasteiger partial charge < -0.3 is 14.8 Å². The summed E-state index contributed by atoms with van der Waals surface area (Å²) < 4.78 is 11.9. The number of aromatic nitrogens is 2. The summed E-state index contributed by atoms with van der Waals surface area (Å²) in [5, 5.41) is 6.83. The number of hydrogen-bond donors (Lipinski definition) is 1. The van der Waals surface area contributed by atoms with Crippen LogP contribution in [0.5, 0.6) is 11.5 Å². The van der Waals surface area contributed by atoms with Gasteiger partial charge in [0.05, 0.1) is 14.2 Å². The zero-order chi connectivity index (χ0) is 18.5. The second kappa shape index (κ2) is 7.52. The van der Waals surface area contributed by atoms with Gasteiger partial charge in [0.15, 0.2) is 5.69 Å². The highest BCUT2D eigenvalue weighted by Crippen LogP contribution is 2.21. The molecule has 0 saturated heterocycles. The maximum absolute atomic E-state index is 12.5. The molecule has 1 amide bonds. The number of carbonyl (C=O) groups excluding carboxylic acids is 1. The van der Waals surface area contributed by atoms with E-state index in [1.807, 2.05) is 12.1 Å². The molecule has 1 heterocycles. The molecule has 7 heteroatoms. The Balaban J connectivity index is 1.94. The first-order chi connectivity index (χ1) is 12.6. The van der Waals surface area contributed by atoms with Crippen molar-refractivity contribution in [2.45, 2.75) is 0 Å². The fourth-order valence-electron chi connectivity index (χ4n) is 2.41. The molecule has 26 heavy (non-hydrogen) atoms. The molecule has 0 radical (unpaired) electrons. The quantitative estimate of drug-likeness (QED) is 0.764. The van der Waals surface area contributed by atoms with Gasteiger partial charge in [-0.05, 0) is 24.3 Å². The number of nitrogens with zero attached hydrogens (tertiary/aromatic N) is 2. The fraction of sp³-hybridized carbons (Fsp3) is 0.105. The molecule has 2 aromatic carbocycles. The van der Waals surface area contributed by atoms with Gasteiger partial charge in [0, 0.05) is 24.0 Å². The average molecular weight is 351 g/mol. The lowest BCUT2D eigenvalue weighted by Crippen LogP contribution is -2.25. The minimum Gasteiger partial charge on any atom is -0.497 e. The van der Waals surface area contributed by atoms with Gasteiger partial charge in [-0.3, -0.25) is 9.59 Å². The number of rotatable bonds is 5. The number of hydrogen-bond acceptors (Lipinski definition) is 5. The average Bonchev–Trinajstić information content (AvgIpc) is 2.68.